The van der Waals surface area contributed by atoms with E-state index in [0.29, 0.717) is 5.56 Å². The summed E-state index contributed by atoms with van der Waals surface area (Å²) >= 11 is 0. The van der Waals surface area contributed by atoms with Gasteiger partial charge in [-0.15, -0.1) is 0 Å². The number of hydrogen-bond acceptors (Lipinski definition) is 2. The Kier molecular flexibility index (Phi) is 4.43. The van der Waals surface area contributed by atoms with Crippen LogP contribution >= 0.6 is 0 Å². The summed E-state index contributed by atoms with van der Waals surface area (Å²) in [5.41, 5.74) is 6.08. The quantitative estimate of drug-likeness (QED) is 0.508. The van der Waals surface area contributed by atoms with Crippen LogP contribution in [0.15, 0.2) is 78.9 Å². The lowest BCUT2D eigenvalue weighted by atomic mass is 9.94. The van der Waals surface area contributed by atoms with E-state index < -0.39 is 0 Å². The monoisotopic (exact) mass is 352 g/mol. The number of carbonyl (C=O) groups is 1. The third-order valence-corrected chi connectivity index (χ3v) is 4.67. The molecular formula is C24H20N2O. The Balaban J connectivity index is 1.90. The van der Waals surface area contributed by atoms with Gasteiger partial charge in [0, 0.05) is 16.6 Å². The predicted octanol–water partition coefficient (Wildman–Crippen LogP) is 5.77. The topological polar surface area (TPSA) is 42.0 Å². The van der Waals surface area contributed by atoms with E-state index in [2.05, 4.69) is 10.3 Å². The maximum atomic E-state index is 13.2. The summed E-state index contributed by atoms with van der Waals surface area (Å²) in [5, 5.41) is 4.00. The Morgan fingerprint density at radius 2 is 1.48 bits per heavy atom. The minimum absolute atomic E-state index is 0.145. The molecule has 0 atom stereocenters. The molecule has 3 heteroatoms. The van der Waals surface area contributed by atoms with Gasteiger partial charge in [0.05, 0.1) is 16.8 Å². The molecule has 0 aliphatic carbocycles. The summed E-state index contributed by atoms with van der Waals surface area (Å²) in [7, 11) is 0. The normalized spacial score (nSPS) is 10.7. The molecule has 27 heavy (non-hydrogen) atoms. The fourth-order valence-electron chi connectivity index (χ4n) is 3.35. The minimum atomic E-state index is -0.145. The molecule has 0 saturated heterocycles. The number of hydrogen-bond donors (Lipinski definition) is 1. The Labute approximate surface area is 158 Å². The van der Waals surface area contributed by atoms with Crippen LogP contribution in [0.2, 0.25) is 0 Å². The van der Waals surface area contributed by atoms with Crippen LogP contribution < -0.4 is 5.32 Å². The molecule has 1 amide bonds. The number of fused-ring (bicyclic) bond motifs is 1. The number of anilines is 1. The van der Waals surface area contributed by atoms with Crippen LogP contribution in [0.4, 0.5) is 5.69 Å². The Bertz CT molecular complexity index is 1120. The van der Waals surface area contributed by atoms with Gasteiger partial charge >= 0.3 is 0 Å². The Morgan fingerprint density at radius 3 is 2.22 bits per heavy atom. The zero-order valence-corrected chi connectivity index (χ0v) is 15.4. The Hall–Kier alpha value is -3.46. The van der Waals surface area contributed by atoms with Crippen LogP contribution in [0.25, 0.3) is 22.0 Å². The molecule has 132 valence electrons. The molecule has 0 aliphatic heterocycles. The standard InChI is InChI=1S/C24H20N2O/c1-16-12-14-19(15-13-16)26-24(27)22-17(2)25-21-11-7-6-10-20(21)23(22)18-8-4-3-5-9-18/h3-15H,1-2H3,(H,26,27). The lowest BCUT2D eigenvalue weighted by molar-refractivity contribution is 0.102. The summed E-state index contributed by atoms with van der Waals surface area (Å²) in [6.07, 6.45) is 0. The maximum absolute atomic E-state index is 13.2. The van der Waals surface area contributed by atoms with Crippen LogP contribution in [0.5, 0.6) is 0 Å². The summed E-state index contributed by atoms with van der Waals surface area (Å²) in [4.78, 5) is 17.9. The lowest BCUT2D eigenvalue weighted by Gasteiger charge is -2.16. The summed E-state index contributed by atoms with van der Waals surface area (Å²) in [5.74, 6) is -0.145. The molecule has 0 saturated carbocycles. The summed E-state index contributed by atoms with van der Waals surface area (Å²) in [6, 6.07) is 25.8. The average Bonchev–Trinajstić information content (AvgIpc) is 2.69. The number of carbonyl (C=O) groups excluding carboxylic acids is 1. The average molecular weight is 352 g/mol. The van der Waals surface area contributed by atoms with Crippen molar-refractivity contribution < 1.29 is 4.79 Å². The zero-order chi connectivity index (χ0) is 18.8. The third kappa shape index (κ3) is 3.32. The van der Waals surface area contributed by atoms with Crippen molar-refractivity contribution in [2.75, 3.05) is 5.32 Å². The molecule has 4 aromatic rings. The number of amides is 1. The molecule has 0 spiro atoms. The van der Waals surface area contributed by atoms with Gasteiger partial charge < -0.3 is 5.32 Å². The van der Waals surface area contributed by atoms with Gasteiger partial charge in [-0.05, 0) is 37.6 Å². The number of aromatic nitrogens is 1. The van der Waals surface area contributed by atoms with E-state index in [4.69, 9.17) is 0 Å². The Morgan fingerprint density at radius 1 is 0.815 bits per heavy atom. The predicted molar refractivity (Wildman–Crippen MR) is 111 cm³/mol. The second kappa shape index (κ2) is 7.04. The van der Waals surface area contributed by atoms with Gasteiger partial charge in [0.2, 0.25) is 0 Å². The molecule has 0 fully saturated rings. The highest BCUT2D eigenvalue weighted by molar-refractivity contribution is 6.14. The molecule has 1 aromatic heterocycles. The highest BCUT2D eigenvalue weighted by Gasteiger charge is 2.20. The van der Waals surface area contributed by atoms with Crippen molar-refractivity contribution in [2.24, 2.45) is 0 Å². The van der Waals surface area contributed by atoms with Gasteiger partial charge in [0.15, 0.2) is 0 Å². The van der Waals surface area contributed by atoms with Crippen molar-refractivity contribution in [2.45, 2.75) is 13.8 Å². The highest BCUT2D eigenvalue weighted by atomic mass is 16.1. The summed E-state index contributed by atoms with van der Waals surface area (Å²) < 4.78 is 0. The van der Waals surface area contributed by atoms with E-state index in [0.717, 1.165) is 39.0 Å². The van der Waals surface area contributed by atoms with Gasteiger partial charge in [0.25, 0.3) is 5.91 Å². The summed E-state index contributed by atoms with van der Waals surface area (Å²) in [6.45, 7) is 3.92. The second-order valence-corrected chi connectivity index (χ2v) is 6.65. The van der Waals surface area contributed by atoms with Crippen molar-refractivity contribution in [3.8, 4) is 11.1 Å². The van der Waals surface area contributed by atoms with Gasteiger partial charge in [0.1, 0.15) is 0 Å². The van der Waals surface area contributed by atoms with Crippen LogP contribution in [-0.2, 0) is 0 Å². The van der Waals surface area contributed by atoms with E-state index in [1.54, 1.807) is 0 Å². The van der Waals surface area contributed by atoms with Crippen molar-refractivity contribution in [3.05, 3.63) is 95.7 Å². The molecule has 0 unspecified atom stereocenters. The molecule has 4 rings (SSSR count). The lowest BCUT2D eigenvalue weighted by Crippen LogP contribution is -2.16. The van der Waals surface area contributed by atoms with E-state index in [1.807, 2.05) is 92.7 Å². The van der Waals surface area contributed by atoms with E-state index in [1.165, 1.54) is 0 Å². The smallest absolute Gasteiger partial charge is 0.258 e. The molecule has 3 nitrogen and oxygen atoms in total. The minimum Gasteiger partial charge on any atom is -0.322 e. The van der Waals surface area contributed by atoms with Crippen LogP contribution in [0.1, 0.15) is 21.6 Å². The number of pyridine rings is 1. The first-order valence-corrected chi connectivity index (χ1v) is 8.96. The van der Waals surface area contributed by atoms with Crippen LogP contribution in [0, 0.1) is 13.8 Å². The van der Waals surface area contributed by atoms with Crippen LogP contribution in [-0.4, -0.2) is 10.9 Å². The van der Waals surface area contributed by atoms with Gasteiger partial charge in [-0.25, -0.2) is 0 Å². The molecule has 1 N–H and O–H groups in total. The number of rotatable bonds is 3. The molecule has 1 heterocycles. The van der Waals surface area contributed by atoms with Crippen molar-refractivity contribution in [1.29, 1.82) is 0 Å². The van der Waals surface area contributed by atoms with E-state index in [9.17, 15) is 4.79 Å². The molecular weight excluding hydrogens is 332 g/mol. The molecule has 0 radical (unpaired) electrons. The fraction of sp³-hybridized carbons (Fsp3) is 0.0833. The number of nitrogens with one attached hydrogen (secondary N) is 1. The van der Waals surface area contributed by atoms with E-state index >= 15 is 0 Å². The first kappa shape index (κ1) is 17.0. The molecule has 0 aliphatic rings. The number of benzene rings is 3. The number of nitrogens with zero attached hydrogens (tertiary/aromatic N) is 1. The highest BCUT2D eigenvalue weighted by Crippen LogP contribution is 2.33. The van der Waals surface area contributed by atoms with Crippen LogP contribution in [0.3, 0.4) is 0 Å². The molecule has 0 bridgehead atoms. The first-order chi connectivity index (χ1) is 13.1. The second-order valence-electron chi connectivity index (χ2n) is 6.65. The molecule has 3 aromatic carbocycles. The van der Waals surface area contributed by atoms with Crippen molar-refractivity contribution in [1.82, 2.24) is 4.98 Å². The largest absolute Gasteiger partial charge is 0.322 e. The van der Waals surface area contributed by atoms with Gasteiger partial charge in [-0.3, -0.25) is 9.78 Å². The van der Waals surface area contributed by atoms with Gasteiger partial charge in [-0.2, -0.15) is 0 Å². The maximum Gasteiger partial charge on any atom is 0.258 e. The number of aryl methyl sites for hydroxylation is 2. The third-order valence-electron chi connectivity index (χ3n) is 4.67. The van der Waals surface area contributed by atoms with E-state index in [-0.39, 0.29) is 5.91 Å². The fourth-order valence-corrected chi connectivity index (χ4v) is 3.35. The zero-order valence-electron chi connectivity index (χ0n) is 15.4. The van der Waals surface area contributed by atoms with Gasteiger partial charge in [-0.1, -0.05) is 66.2 Å². The SMILES string of the molecule is Cc1ccc(NC(=O)c2c(C)nc3ccccc3c2-c2ccccc2)cc1. The number of para-hydroxylation sites is 1. The first-order valence-electron chi connectivity index (χ1n) is 8.96. The van der Waals surface area contributed by atoms with Crippen molar-refractivity contribution in [3.63, 3.8) is 0 Å². The van der Waals surface area contributed by atoms with Crippen molar-refractivity contribution >= 4 is 22.5 Å².